The molecule has 0 radical (unpaired) electrons. The van der Waals surface area contributed by atoms with Crippen molar-refractivity contribution in [3.63, 3.8) is 0 Å². The normalized spacial score (nSPS) is 11.0. The Bertz CT molecular complexity index is 919. The molecule has 1 N–H and O–H groups in total. The molecule has 2 aromatic heterocycles. The SMILES string of the molecule is Cc1oc(-c2cccs2)nc1C(=O)Nc1ccc(N(C)C(C)C)c(F)c1. The second-order valence-electron chi connectivity index (χ2n) is 6.23. The van der Waals surface area contributed by atoms with Crippen molar-refractivity contribution in [2.24, 2.45) is 0 Å². The van der Waals surface area contributed by atoms with Gasteiger partial charge in [-0.05, 0) is 50.4 Å². The second kappa shape index (κ2) is 7.29. The first-order valence-electron chi connectivity index (χ1n) is 8.22. The highest BCUT2D eigenvalue weighted by atomic mass is 32.1. The van der Waals surface area contributed by atoms with Crippen LogP contribution in [0.2, 0.25) is 0 Å². The molecule has 2 heterocycles. The van der Waals surface area contributed by atoms with E-state index in [4.69, 9.17) is 4.42 Å². The summed E-state index contributed by atoms with van der Waals surface area (Å²) in [6.45, 7) is 5.64. The van der Waals surface area contributed by atoms with Gasteiger partial charge < -0.3 is 14.6 Å². The number of rotatable bonds is 5. The lowest BCUT2D eigenvalue weighted by Gasteiger charge is -2.24. The maximum Gasteiger partial charge on any atom is 0.277 e. The highest BCUT2D eigenvalue weighted by Crippen LogP contribution is 2.27. The molecule has 1 aromatic carbocycles. The van der Waals surface area contributed by atoms with E-state index in [0.717, 1.165) is 4.88 Å². The van der Waals surface area contributed by atoms with Crippen molar-refractivity contribution in [2.45, 2.75) is 26.8 Å². The molecule has 5 nitrogen and oxygen atoms in total. The molecule has 0 aliphatic rings. The number of benzene rings is 1. The number of carbonyl (C=O) groups excluding carboxylic acids is 1. The number of nitrogens with one attached hydrogen (secondary N) is 1. The van der Waals surface area contributed by atoms with Gasteiger partial charge in [-0.15, -0.1) is 11.3 Å². The summed E-state index contributed by atoms with van der Waals surface area (Å²) in [6, 6.07) is 8.55. The van der Waals surface area contributed by atoms with E-state index >= 15 is 0 Å². The van der Waals surface area contributed by atoms with E-state index in [-0.39, 0.29) is 11.7 Å². The average Bonchev–Trinajstić information content (AvgIpc) is 3.23. The Labute approximate surface area is 155 Å². The maximum absolute atomic E-state index is 14.4. The van der Waals surface area contributed by atoms with Gasteiger partial charge in [-0.25, -0.2) is 9.37 Å². The lowest BCUT2D eigenvalue weighted by atomic mass is 10.2. The Morgan fingerprint density at radius 2 is 2.12 bits per heavy atom. The predicted octanol–water partition coefficient (Wildman–Crippen LogP) is 4.95. The van der Waals surface area contributed by atoms with Crippen LogP contribution in [0.1, 0.15) is 30.1 Å². The fourth-order valence-corrected chi connectivity index (χ4v) is 3.10. The largest absolute Gasteiger partial charge is 0.440 e. The number of hydrogen-bond donors (Lipinski definition) is 1. The highest BCUT2D eigenvalue weighted by Gasteiger charge is 2.19. The number of amides is 1. The molecule has 0 atom stereocenters. The van der Waals surface area contributed by atoms with Crippen molar-refractivity contribution in [1.29, 1.82) is 0 Å². The summed E-state index contributed by atoms with van der Waals surface area (Å²) in [6.07, 6.45) is 0. The van der Waals surface area contributed by atoms with Gasteiger partial charge in [0.05, 0.1) is 10.6 Å². The van der Waals surface area contributed by atoms with Crippen molar-refractivity contribution in [2.75, 3.05) is 17.3 Å². The molecule has 0 bridgehead atoms. The Kier molecular flexibility index (Phi) is 5.08. The summed E-state index contributed by atoms with van der Waals surface area (Å²) < 4.78 is 19.9. The number of nitrogens with zero attached hydrogens (tertiary/aromatic N) is 2. The number of thiophene rings is 1. The number of carbonyl (C=O) groups is 1. The van der Waals surface area contributed by atoms with Crippen molar-refractivity contribution in [1.82, 2.24) is 4.98 Å². The minimum atomic E-state index is -0.432. The van der Waals surface area contributed by atoms with Gasteiger partial charge >= 0.3 is 0 Å². The first kappa shape index (κ1) is 18.1. The second-order valence-corrected chi connectivity index (χ2v) is 7.17. The third-order valence-electron chi connectivity index (χ3n) is 4.10. The highest BCUT2D eigenvalue weighted by molar-refractivity contribution is 7.13. The fourth-order valence-electron chi connectivity index (χ4n) is 2.45. The summed E-state index contributed by atoms with van der Waals surface area (Å²) >= 11 is 1.48. The summed E-state index contributed by atoms with van der Waals surface area (Å²) in [5.41, 5.74) is 1.04. The molecule has 136 valence electrons. The molecule has 26 heavy (non-hydrogen) atoms. The molecular weight excluding hydrogens is 353 g/mol. The molecule has 0 unspecified atom stereocenters. The Morgan fingerprint density at radius 3 is 2.73 bits per heavy atom. The first-order valence-corrected chi connectivity index (χ1v) is 9.10. The summed E-state index contributed by atoms with van der Waals surface area (Å²) in [7, 11) is 1.83. The summed E-state index contributed by atoms with van der Waals surface area (Å²) in [4.78, 5) is 19.4. The van der Waals surface area contributed by atoms with Crippen LogP contribution in [0.3, 0.4) is 0 Å². The van der Waals surface area contributed by atoms with E-state index < -0.39 is 11.7 Å². The Balaban J connectivity index is 1.79. The number of oxazole rings is 1. The molecule has 0 aliphatic heterocycles. The van der Waals surface area contributed by atoms with E-state index in [2.05, 4.69) is 10.3 Å². The number of hydrogen-bond acceptors (Lipinski definition) is 5. The zero-order valence-corrected chi connectivity index (χ0v) is 15.9. The van der Waals surface area contributed by atoms with Gasteiger partial charge in [0.2, 0.25) is 5.89 Å². The van der Waals surface area contributed by atoms with Crippen molar-refractivity contribution < 1.29 is 13.6 Å². The van der Waals surface area contributed by atoms with Crippen LogP contribution in [0.4, 0.5) is 15.8 Å². The number of halogens is 1. The maximum atomic E-state index is 14.4. The zero-order chi connectivity index (χ0) is 18.8. The van der Waals surface area contributed by atoms with Crippen LogP contribution in [0.25, 0.3) is 10.8 Å². The standard InChI is InChI=1S/C19H20FN3O2S/c1-11(2)23(4)15-8-7-13(10-14(15)20)21-18(24)17-12(3)25-19(22-17)16-6-5-9-26-16/h5-11H,1-4H3,(H,21,24). The molecule has 0 saturated carbocycles. The van der Waals surface area contributed by atoms with Crippen LogP contribution >= 0.6 is 11.3 Å². The molecule has 0 saturated heterocycles. The molecular formula is C19H20FN3O2S. The summed E-state index contributed by atoms with van der Waals surface area (Å²) in [5.74, 6) is -0.00107. The van der Waals surface area contributed by atoms with Crippen LogP contribution in [-0.4, -0.2) is 24.0 Å². The monoisotopic (exact) mass is 373 g/mol. The van der Waals surface area contributed by atoms with Crippen LogP contribution < -0.4 is 10.2 Å². The first-order chi connectivity index (χ1) is 12.4. The Morgan fingerprint density at radius 1 is 1.35 bits per heavy atom. The van der Waals surface area contributed by atoms with Gasteiger partial charge in [0.15, 0.2) is 5.69 Å². The predicted molar refractivity (Wildman–Crippen MR) is 102 cm³/mol. The molecule has 0 spiro atoms. The van der Waals surface area contributed by atoms with Crippen LogP contribution in [0.5, 0.6) is 0 Å². The van der Waals surface area contributed by atoms with Crippen LogP contribution in [0.15, 0.2) is 40.1 Å². The minimum absolute atomic E-state index is 0.165. The van der Waals surface area contributed by atoms with Gasteiger partial charge in [-0.1, -0.05) is 6.07 Å². The van der Waals surface area contributed by atoms with E-state index in [1.807, 2.05) is 43.3 Å². The zero-order valence-electron chi connectivity index (χ0n) is 15.0. The third-order valence-corrected chi connectivity index (χ3v) is 4.96. The van der Waals surface area contributed by atoms with Crippen molar-refractivity contribution in [3.05, 3.63) is 53.0 Å². The quantitative estimate of drug-likeness (QED) is 0.688. The molecule has 1 amide bonds. The lowest BCUT2D eigenvalue weighted by molar-refractivity contribution is 0.102. The van der Waals surface area contributed by atoms with E-state index in [1.54, 1.807) is 19.1 Å². The van der Waals surface area contributed by atoms with Gasteiger partial charge in [0, 0.05) is 18.8 Å². The minimum Gasteiger partial charge on any atom is -0.440 e. The van der Waals surface area contributed by atoms with E-state index in [0.29, 0.717) is 23.0 Å². The molecule has 0 fully saturated rings. The van der Waals surface area contributed by atoms with Crippen LogP contribution in [-0.2, 0) is 0 Å². The molecule has 3 aromatic rings. The van der Waals surface area contributed by atoms with Crippen molar-refractivity contribution >= 4 is 28.6 Å². The average molecular weight is 373 g/mol. The van der Waals surface area contributed by atoms with Crippen molar-refractivity contribution in [3.8, 4) is 10.8 Å². The van der Waals surface area contributed by atoms with Gasteiger partial charge in [-0.2, -0.15) is 0 Å². The van der Waals surface area contributed by atoms with Gasteiger partial charge in [0.25, 0.3) is 5.91 Å². The Hall–Kier alpha value is -2.67. The number of aromatic nitrogens is 1. The smallest absolute Gasteiger partial charge is 0.277 e. The number of anilines is 2. The van der Waals surface area contributed by atoms with E-state index in [1.165, 1.54) is 17.4 Å². The van der Waals surface area contributed by atoms with Gasteiger partial charge in [0.1, 0.15) is 11.6 Å². The lowest BCUT2D eigenvalue weighted by Crippen LogP contribution is -2.26. The van der Waals surface area contributed by atoms with Gasteiger partial charge in [-0.3, -0.25) is 4.79 Å². The van der Waals surface area contributed by atoms with Crippen LogP contribution in [0, 0.1) is 12.7 Å². The number of aryl methyl sites for hydroxylation is 1. The topological polar surface area (TPSA) is 58.4 Å². The molecule has 3 rings (SSSR count). The molecule has 0 aliphatic carbocycles. The summed E-state index contributed by atoms with van der Waals surface area (Å²) in [5, 5.41) is 4.59. The molecule has 7 heteroatoms. The fraction of sp³-hybridized carbons (Fsp3) is 0.263. The van der Waals surface area contributed by atoms with E-state index in [9.17, 15) is 9.18 Å². The third kappa shape index (κ3) is 3.62.